The monoisotopic (exact) mass is 303 g/mol. The standard InChI is InChI=1S/C16H21F4N/c1-16(2,3)9-6-4-5-7-12(9)21-15-13(19)10(17)8-11(18)14(15)20/h8-9,12,21H,4-7H2,1-3H3. The second kappa shape index (κ2) is 5.85. The van der Waals surface area contributed by atoms with Crippen LogP contribution in [0, 0.1) is 34.6 Å². The van der Waals surface area contributed by atoms with Crippen LogP contribution >= 0.6 is 0 Å². The lowest BCUT2D eigenvalue weighted by atomic mass is 9.69. The first-order chi connectivity index (χ1) is 9.71. The molecule has 5 heteroatoms. The van der Waals surface area contributed by atoms with Crippen molar-refractivity contribution < 1.29 is 17.6 Å². The molecule has 0 heterocycles. The first kappa shape index (κ1) is 16.1. The molecular weight excluding hydrogens is 282 g/mol. The van der Waals surface area contributed by atoms with Gasteiger partial charge >= 0.3 is 0 Å². The smallest absolute Gasteiger partial charge is 0.185 e. The van der Waals surface area contributed by atoms with E-state index in [2.05, 4.69) is 26.1 Å². The highest BCUT2D eigenvalue weighted by atomic mass is 19.2. The van der Waals surface area contributed by atoms with Crippen molar-refractivity contribution in [1.29, 1.82) is 0 Å². The normalized spacial score (nSPS) is 23.2. The first-order valence-electron chi connectivity index (χ1n) is 7.31. The van der Waals surface area contributed by atoms with E-state index < -0.39 is 29.0 Å². The SMILES string of the molecule is CC(C)(C)C1CCCCC1Nc1c(F)c(F)cc(F)c1F. The van der Waals surface area contributed by atoms with Gasteiger partial charge in [-0.1, -0.05) is 33.6 Å². The number of halogens is 4. The Morgan fingerprint density at radius 3 is 2.00 bits per heavy atom. The molecule has 1 aromatic rings. The van der Waals surface area contributed by atoms with E-state index in [4.69, 9.17) is 0 Å². The van der Waals surface area contributed by atoms with Gasteiger partial charge in [-0.15, -0.1) is 0 Å². The Morgan fingerprint density at radius 2 is 1.48 bits per heavy atom. The van der Waals surface area contributed by atoms with E-state index in [1.165, 1.54) is 0 Å². The van der Waals surface area contributed by atoms with Gasteiger partial charge in [0.2, 0.25) is 0 Å². The Bertz CT molecular complexity index is 496. The molecule has 118 valence electrons. The maximum absolute atomic E-state index is 13.8. The van der Waals surface area contributed by atoms with Gasteiger partial charge in [0.05, 0.1) is 0 Å². The Balaban J connectivity index is 2.32. The van der Waals surface area contributed by atoms with Gasteiger partial charge in [0.15, 0.2) is 23.3 Å². The molecule has 2 unspecified atom stereocenters. The topological polar surface area (TPSA) is 12.0 Å². The van der Waals surface area contributed by atoms with E-state index in [1.54, 1.807) is 0 Å². The van der Waals surface area contributed by atoms with Crippen molar-refractivity contribution in [3.05, 3.63) is 29.3 Å². The molecule has 1 saturated carbocycles. The summed E-state index contributed by atoms with van der Waals surface area (Å²) < 4.78 is 54.1. The molecule has 2 rings (SSSR count). The third kappa shape index (κ3) is 3.33. The van der Waals surface area contributed by atoms with Crippen LogP contribution in [0.25, 0.3) is 0 Å². The molecule has 1 fully saturated rings. The van der Waals surface area contributed by atoms with E-state index in [0.717, 1.165) is 25.7 Å². The molecule has 0 radical (unpaired) electrons. The molecule has 0 aliphatic heterocycles. The lowest BCUT2D eigenvalue weighted by Gasteiger charge is -2.41. The molecule has 0 aromatic heterocycles. The van der Waals surface area contributed by atoms with Gasteiger partial charge in [0.1, 0.15) is 5.69 Å². The maximum atomic E-state index is 13.8. The molecule has 1 aliphatic rings. The lowest BCUT2D eigenvalue weighted by Crippen LogP contribution is -2.40. The zero-order valence-electron chi connectivity index (χ0n) is 12.6. The van der Waals surface area contributed by atoms with E-state index in [0.29, 0.717) is 0 Å². The van der Waals surface area contributed by atoms with Crippen LogP contribution in [-0.4, -0.2) is 6.04 Å². The molecule has 0 spiro atoms. The fraction of sp³-hybridized carbons (Fsp3) is 0.625. The Labute approximate surface area is 122 Å². The van der Waals surface area contributed by atoms with E-state index >= 15 is 0 Å². The van der Waals surface area contributed by atoms with Crippen molar-refractivity contribution in [1.82, 2.24) is 0 Å². The summed E-state index contributed by atoms with van der Waals surface area (Å²) in [5.74, 6) is -5.27. The van der Waals surface area contributed by atoms with Crippen molar-refractivity contribution in [3.63, 3.8) is 0 Å². The number of hydrogen-bond acceptors (Lipinski definition) is 1. The minimum absolute atomic E-state index is 0.0447. The highest BCUT2D eigenvalue weighted by molar-refractivity contribution is 5.48. The Hall–Kier alpha value is -1.26. The molecule has 0 amide bonds. The highest BCUT2D eigenvalue weighted by Crippen LogP contribution is 2.40. The fourth-order valence-electron chi connectivity index (χ4n) is 3.23. The van der Waals surface area contributed by atoms with Crippen LogP contribution in [0.5, 0.6) is 0 Å². The van der Waals surface area contributed by atoms with Crippen LogP contribution < -0.4 is 5.32 Å². The summed E-state index contributed by atoms with van der Waals surface area (Å²) in [5, 5.41) is 2.73. The van der Waals surface area contributed by atoms with Gasteiger partial charge in [0, 0.05) is 12.1 Å². The van der Waals surface area contributed by atoms with Gasteiger partial charge < -0.3 is 5.32 Å². The van der Waals surface area contributed by atoms with E-state index in [9.17, 15) is 17.6 Å². The predicted octanol–water partition coefficient (Wildman–Crippen LogP) is 5.26. The molecule has 1 aromatic carbocycles. The number of benzene rings is 1. The minimum Gasteiger partial charge on any atom is -0.377 e. The second-order valence-corrected chi connectivity index (χ2v) is 6.85. The average Bonchev–Trinajstić information content (AvgIpc) is 2.41. The number of anilines is 1. The quantitative estimate of drug-likeness (QED) is 0.580. The highest BCUT2D eigenvalue weighted by Gasteiger charge is 2.35. The maximum Gasteiger partial charge on any atom is 0.185 e. The van der Waals surface area contributed by atoms with Crippen LogP contribution in [0.3, 0.4) is 0 Å². The molecule has 1 aliphatic carbocycles. The third-order valence-electron chi connectivity index (χ3n) is 4.32. The summed E-state index contributed by atoms with van der Waals surface area (Å²) in [4.78, 5) is 0. The number of nitrogens with one attached hydrogen (secondary N) is 1. The van der Waals surface area contributed by atoms with Gasteiger partial charge in [-0.25, -0.2) is 17.6 Å². The van der Waals surface area contributed by atoms with Crippen LogP contribution in [0.1, 0.15) is 46.5 Å². The molecule has 21 heavy (non-hydrogen) atoms. The fourth-order valence-corrected chi connectivity index (χ4v) is 3.23. The summed E-state index contributed by atoms with van der Waals surface area (Å²) in [6, 6.07) is 0.0433. The molecule has 0 bridgehead atoms. The summed E-state index contributed by atoms with van der Waals surface area (Å²) in [7, 11) is 0. The summed E-state index contributed by atoms with van der Waals surface area (Å²) in [6.07, 6.45) is 3.66. The van der Waals surface area contributed by atoms with Gasteiger partial charge in [-0.2, -0.15) is 0 Å². The van der Waals surface area contributed by atoms with Crippen LogP contribution in [0.4, 0.5) is 23.2 Å². The van der Waals surface area contributed by atoms with Crippen molar-refractivity contribution in [2.24, 2.45) is 11.3 Å². The zero-order valence-corrected chi connectivity index (χ0v) is 12.6. The summed E-state index contributed by atoms with van der Waals surface area (Å²) >= 11 is 0. The number of rotatable bonds is 2. The van der Waals surface area contributed by atoms with Crippen LogP contribution in [0.2, 0.25) is 0 Å². The summed E-state index contributed by atoms with van der Waals surface area (Å²) in [6.45, 7) is 6.20. The molecular formula is C16H21F4N. The number of hydrogen-bond donors (Lipinski definition) is 1. The van der Waals surface area contributed by atoms with Gasteiger partial charge in [-0.3, -0.25) is 0 Å². The zero-order chi connectivity index (χ0) is 15.8. The van der Waals surface area contributed by atoms with E-state index in [1.807, 2.05) is 0 Å². The van der Waals surface area contributed by atoms with Crippen molar-refractivity contribution in [2.75, 3.05) is 5.32 Å². The lowest BCUT2D eigenvalue weighted by molar-refractivity contribution is 0.162. The average molecular weight is 303 g/mol. The minimum atomic E-state index is -1.38. The first-order valence-corrected chi connectivity index (χ1v) is 7.31. The van der Waals surface area contributed by atoms with Crippen molar-refractivity contribution in [2.45, 2.75) is 52.5 Å². The van der Waals surface area contributed by atoms with E-state index in [-0.39, 0.29) is 23.4 Å². The molecule has 1 nitrogen and oxygen atoms in total. The van der Waals surface area contributed by atoms with Gasteiger partial charge in [0.25, 0.3) is 0 Å². The molecule has 2 atom stereocenters. The van der Waals surface area contributed by atoms with Crippen LogP contribution in [0.15, 0.2) is 6.07 Å². The van der Waals surface area contributed by atoms with Crippen molar-refractivity contribution >= 4 is 5.69 Å². The second-order valence-electron chi connectivity index (χ2n) is 6.85. The third-order valence-corrected chi connectivity index (χ3v) is 4.32. The Kier molecular flexibility index (Phi) is 4.49. The predicted molar refractivity (Wildman–Crippen MR) is 75.1 cm³/mol. The Morgan fingerprint density at radius 1 is 0.952 bits per heavy atom. The summed E-state index contributed by atoms with van der Waals surface area (Å²) in [5.41, 5.74) is -0.731. The largest absolute Gasteiger partial charge is 0.377 e. The van der Waals surface area contributed by atoms with Gasteiger partial charge in [-0.05, 0) is 24.2 Å². The van der Waals surface area contributed by atoms with Crippen LogP contribution in [-0.2, 0) is 0 Å². The molecule has 1 N–H and O–H groups in total. The molecule has 0 saturated heterocycles. The van der Waals surface area contributed by atoms with Crippen molar-refractivity contribution in [3.8, 4) is 0 Å².